The van der Waals surface area contributed by atoms with Gasteiger partial charge in [0.25, 0.3) is 5.91 Å². The van der Waals surface area contributed by atoms with Gasteiger partial charge in [-0.15, -0.1) is 11.3 Å². The summed E-state index contributed by atoms with van der Waals surface area (Å²) in [5, 5.41) is 2.98. The zero-order valence-electron chi connectivity index (χ0n) is 14.6. The second-order valence-electron chi connectivity index (χ2n) is 6.74. The molecule has 1 aromatic heterocycles. The molecule has 1 N–H and O–H groups in total. The number of carbonyl (C=O) groups excluding carboxylic acids is 2. The second kappa shape index (κ2) is 7.17. The standard InChI is InChI=1S/C19H21N3O3S/c1-25-10-15-17(26-11-20-15)19(24)22-8-6-12(7-9-22)16-13-4-2-3-5-14(13)21-18(16)23/h2-5,11-12,16H,6-10H2,1H3,(H,21,23). The summed E-state index contributed by atoms with van der Waals surface area (Å²) in [4.78, 5) is 32.0. The molecule has 136 valence electrons. The maximum Gasteiger partial charge on any atom is 0.265 e. The van der Waals surface area contributed by atoms with Crippen LogP contribution in [-0.4, -0.2) is 41.9 Å². The van der Waals surface area contributed by atoms with Crippen molar-refractivity contribution in [1.29, 1.82) is 0 Å². The molecular formula is C19H21N3O3S. The highest BCUT2D eigenvalue weighted by molar-refractivity contribution is 7.11. The van der Waals surface area contributed by atoms with E-state index >= 15 is 0 Å². The predicted octanol–water partition coefficient (Wildman–Crippen LogP) is 2.88. The lowest BCUT2D eigenvalue weighted by Crippen LogP contribution is -2.40. The van der Waals surface area contributed by atoms with Gasteiger partial charge in [0.1, 0.15) is 4.88 Å². The van der Waals surface area contributed by atoms with Gasteiger partial charge in [0, 0.05) is 25.9 Å². The van der Waals surface area contributed by atoms with Crippen molar-refractivity contribution in [2.45, 2.75) is 25.4 Å². The highest BCUT2D eigenvalue weighted by atomic mass is 32.1. The summed E-state index contributed by atoms with van der Waals surface area (Å²) in [5.74, 6) is 0.272. The Morgan fingerprint density at radius 3 is 2.88 bits per heavy atom. The number of carbonyl (C=O) groups is 2. The van der Waals surface area contributed by atoms with E-state index in [0.29, 0.717) is 30.3 Å². The van der Waals surface area contributed by atoms with Crippen LogP contribution in [0, 0.1) is 5.92 Å². The monoisotopic (exact) mass is 371 g/mol. The van der Waals surface area contributed by atoms with Gasteiger partial charge in [-0.25, -0.2) is 4.98 Å². The molecule has 0 saturated carbocycles. The van der Waals surface area contributed by atoms with Crippen molar-refractivity contribution in [3.05, 3.63) is 45.9 Å². The quantitative estimate of drug-likeness (QED) is 0.897. The molecular weight excluding hydrogens is 350 g/mol. The Hall–Kier alpha value is -2.25. The fraction of sp³-hybridized carbons (Fsp3) is 0.421. The normalized spacial score (nSPS) is 20.1. The fourth-order valence-corrected chi connectivity index (χ4v) is 4.73. The van der Waals surface area contributed by atoms with Crippen LogP contribution in [0.3, 0.4) is 0 Å². The van der Waals surface area contributed by atoms with E-state index in [1.807, 2.05) is 29.2 Å². The number of hydrogen-bond acceptors (Lipinski definition) is 5. The predicted molar refractivity (Wildman–Crippen MR) is 99.3 cm³/mol. The number of fused-ring (bicyclic) bond motifs is 1. The largest absolute Gasteiger partial charge is 0.378 e. The number of benzene rings is 1. The number of nitrogens with zero attached hydrogens (tertiary/aromatic N) is 2. The number of para-hydroxylation sites is 1. The fourth-order valence-electron chi connectivity index (χ4n) is 3.96. The molecule has 2 amide bonds. The molecule has 1 fully saturated rings. The van der Waals surface area contributed by atoms with Gasteiger partial charge < -0.3 is 15.0 Å². The van der Waals surface area contributed by atoms with Gasteiger partial charge in [-0.3, -0.25) is 9.59 Å². The summed E-state index contributed by atoms with van der Waals surface area (Å²) < 4.78 is 5.12. The van der Waals surface area contributed by atoms with Crippen LogP contribution in [0.2, 0.25) is 0 Å². The Morgan fingerprint density at radius 1 is 1.35 bits per heavy atom. The van der Waals surface area contributed by atoms with E-state index < -0.39 is 0 Å². The van der Waals surface area contributed by atoms with Crippen molar-refractivity contribution >= 4 is 28.8 Å². The van der Waals surface area contributed by atoms with Gasteiger partial charge in [-0.1, -0.05) is 18.2 Å². The first-order valence-electron chi connectivity index (χ1n) is 8.79. The Bertz CT molecular complexity index is 827. The molecule has 3 heterocycles. The molecule has 1 aromatic carbocycles. The van der Waals surface area contributed by atoms with E-state index in [1.165, 1.54) is 11.3 Å². The molecule has 2 aliphatic heterocycles. The van der Waals surface area contributed by atoms with E-state index in [9.17, 15) is 9.59 Å². The van der Waals surface area contributed by atoms with Crippen molar-refractivity contribution in [3.8, 4) is 0 Å². The summed E-state index contributed by atoms with van der Waals surface area (Å²) in [5.41, 5.74) is 4.41. The van der Waals surface area contributed by atoms with Gasteiger partial charge in [0.15, 0.2) is 0 Å². The van der Waals surface area contributed by atoms with Crippen molar-refractivity contribution < 1.29 is 14.3 Å². The molecule has 1 atom stereocenters. The van der Waals surface area contributed by atoms with E-state index in [-0.39, 0.29) is 23.7 Å². The average molecular weight is 371 g/mol. The van der Waals surface area contributed by atoms with Gasteiger partial charge in [-0.2, -0.15) is 0 Å². The molecule has 1 unspecified atom stereocenters. The molecule has 1 saturated heterocycles. The van der Waals surface area contributed by atoms with Crippen molar-refractivity contribution in [1.82, 2.24) is 9.88 Å². The molecule has 0 bridgehead atoms. The lowest BCUT2D eigenvalue weighted by atomic mass is 9.81. The van der Waals surface area contributed by atoms with Crippen LogP contribution in [0.15, 0.2) is 29.8 Å². The molecule has 0 radical (unpaired) electrons. The average Bonchev–Trinajstić information content (AvgIpc) is 3.25. The number of aromatic nitrogens is 1. The van der Waals surface area contributed by atoms with Gasteiger partial charge in [0.05, 0.1) is 23.7 Å². The molecule has 26 heavy (non-hydrogen) atoms. The molecule has 6 nitrogen and oxygen atoms in total. The summed E-state index contributed by atoms with van der Waals surface area (Å²) in [7, 11) is 1.60. The third-order valence-corrected chi connectivity index (χ3v) is 6.11. The van der Waals surface area contributed by atoms with Crippen molar-refractivity contribution in [2.24, 2.45) is 5.92 Å². The zero-order chi connectivity index (χ0) is 18.1. The molecule has 7 heteroatoms. The first kappa shape index (κ1) is 17.2. The topological polar surface area (TPSA) is 71.5 Å². The summed E-state index contributed by atoms with van der Waals surface area (Å²) >= 11 is 1.36. The third kappa shape index (κ3) is 3.01. The van der Waals surface area contributed by atoms with Crippen LogP contribution in [0.5, 0.6) is 0 Å². The number of thiazole rings is 1. The Balaban J connectivity index is 1.44. The summed E-state index contributed by atoms with van der Waals surface area (Å²) in [6, 6.07) is 7.90. The van der Waals surface area contributed by atoms with E-state index in [4.69, 9.17) is 4.74 Å². The number of piperidine rings is 1. The van der Waals surface area contributed by atoms with E-state index in [0.717, 1.165) is 24.1 Å². The number of rotatable bonds is 4. The van der Waals surface area contributed by atoms with Crippen molar-refractivity contribution in [3.63, 3.8) is 0 Å². The van der Waals surface area contributed by atoms with Crippen molar-refractivity contribution in [2.75, 3.05) is 25.5 Å². The first-order valence-corrected chi connectivity index (χ1v) is 9.67. The summed E-state index contributed by atoms with van der Waals surface area (Å²) in [6.07, 6.45) is 1.66. The number of likely N-dealkylation sites (tertiary alicyclic amines) is 1. The number of ether oxygens (including phenoxy) is 1. The first-order chi connectivity index (χ1) is 12.7. The minimum absolute atomic E-state index is 0.0225. The lowest BCUT2D eigenvalue weighted by molar-refractivity contribution is -0.118. The Kier molecular flexibility index (Phi) is 4.74. The number of hydrogen-bond donors (Lipinski definition) is 1. The minimum atomic E-state index is -0.101. The van der Waals surface area contributed by atoms with Crippen LogP contribution >= 0.6 is 11.3 Å². The Morgan fingerprint density at radius 2 is 2.12 bits per heavy atom. The molecule has 0 spiro atoms. The zero-order valence-corrected chi connectivity index (χ0v) is 15.4. The van der Waals surface area contributed by atoms with Gasteiger partial charge >= 0.3 is 0 Å². The SMILES string of the molecule is COCc1ncsc1C(=O)N1CCC(C2C(=O)Nc3ccccc32)CC1. The number of amides is 2. The van der Waals surface area contributed by atoms with Crippen LogP contribution < -0.4 is 5.32 Å². The van der Waals surface area contributed by atoms with E-state index in [1.54, 1.807) is 12.6 Å². The van der Waals surface area contributed by atoms with Gasteiger partial charge in [0.2, 0.25) is 5.91 Å². The maximum absolute atomic E-state index is 12.8. The Labute approximate surface area is 156 Å². The smallest absolute Gasteiger partial charge is 0.265 e. The molecule has 0 aliphatic carbocycles. The minimum Gasteiger partial charge on any atom is -0.378 e. The van der Waals surface area contributed by atoms with E-state index in [2.05, 4.69) is 10.3 Å². The van der Waals surface area contributed by atoms with Gasteiger partial charge in [-0.05, 0) is 30.4 Å². The highest BCUT2D eigenvalue weighted by Crippen LogP contribution is 2.41. The van der Waals surface area contributed by atoms with Crippen LogP contribution in [0.1, 0.15) is 39.7 Å². The van der Waals surface area contributed by atoms with Crippen LogP contribution in [0.25, 0.3) is 0 Å². The van der Waals surface area contributed by atoms with Crippen LogP contribution in [0.4, 0.5) is 5.69 Å². The highest BCUT2D eigenvalue weighted by Gasteiger charge is 2.39. The second-order valence-corrected chi connectivity index (χ2v) is 7.60. The number of anilines is 1. The van der Waals surface area contributed by atoms with Crippen LogP contribution in [-0.2, 0) is 16.1 Å². The number of methoxy groups -OCH3 is 1. The lowest BCUT2D eigenvalue weighted by Gasteiger charge is -2.34. The molecule has 4 rings (SSSR count). The third-order valence-electron chi connectivity index (χ3n) is 5.25. The molecule has 2 aromatic rings. The molecule has 2 aliphatic rings. The maximum atomic E-state index is 12.8. The number of nitrogens with one attached hydrogen (secondary N) is 1. The summed E-state index contributed by atoms with van der Waals surface area (Å²) in [6.45, 7) is 1.68.